The van der Waals surface area contributed by atoms with Crippen molar-refractivity contribution in [1.82, 2.24) is 8.61 Å². The van der Waals surface area contributed by atoms with Crippen LogP contribution >= 0.6 is 0 Å². The van der Waals surface area contributed by atoms with Crippen molar-refractivity contribution in [3.05, 3.63) is 0 Å². The second-order valence-electron chi connectivity index (χ2n) is 3.68. The van der Waals surface area contributed by atoms with Crippen LogP contribution in [-0.2, 0) is 14.9 Å². The van der Waals surface area contributed by atoms with Crippen LogP contribution in [-0.4, -0.2) is 56.9 Å². The Balaban J connectivity index is 2.83. The van der Waals surface area contributed by atoms with Gasteiger partial charge in [0.05, 0.1) is 6.61 Å². The summed E-state index contributed by atoms with van der Waals surface area (Å²) in [5.41, 5.74) is 0. The van der Waals surface area contributed by atoms with E-state index in [-0.39, 0.29) is 6.04 Å². The highest BCUT2D eigenvalue weighted by atomic mass is 32.2. The first-order valence-electron chi connectivity index (χ1n) is 4.73. The molecular weight excluding hydrogens is 204 g/mol. The van der Waals surface area contributed by atoms with E-state index in [0.29, 0.717) is 19.8 Å². The molecule has 1 saturated heterocycles. The normalized spacial score (nSPS) is 26.4. The molecular formula is C8H18N2O3S. The molecule has 0 aromatic rings. The minimum atomic E-state index is -3.29. The molecule has 0 N–H and O–H groups in total. The highest BCUT2D eigenvalue weighted by molar-refractivity contribution is 7.86. The first-order chi connectivity index (χ1) is 6.46. The summed E-state index contributed by atoms with van der Waals surface area (Å²) in [5, 5.41) is 0. The van der Waals surface area contributed by atoms with Gasteiger partial charge in [-0.2, -0.15) is 17.0 Å². The van der Waals surface area contributed by atoms with E-state index in [9.17, 15) is 8.42 Å². The summed E-state index contributed by atoms with van der Waals surface area (Å²) in [6.45, 7) is 3.53. The van der Waals surface area contributed by atoms with Gasteiger partial charge in [0.15, 0.2) is 0 Å². The van der Waals surface area contributed by atoms with Crippen molar-refractivity contribution < 1.29 is 13.2 Å². The number of hydrogen-bond acceptors (Lipinski definition) is 3. The summed E-state index contributed by atoms with van der Waals surface area (Å²) in [6.07, 6.45) is 0.761. The molecule has 1 unspecified atom stereocenters. The lowest BCUT2D eigenvalue weighted by Crippen LogP contribution is -2.46. The van der Waals surface area contributed by atoms with Crippen LogP contribution in [0.2, 0.25) is 0 Å². The molecule has 0 radical (unpaired) electrons. The van der Waals surface area contributed by atoms with Gasteiger partial charge in [-0.3, -0.25) is 0 Å². The van der Waals surface area contributed by atoms with Crippen molar-refractivity contribution in [3.63, 3.8) is 0 Å². The molecule has 0 aromatic heterocycles. The Hall–Kier alpha value is -0.170. The highest BCUT2D eigenvalue weighted by Crippen LogP contribution is 2.13. The van der Waals surface area contributed by atoms with E-state index >= 15 is 0 Å². The Morgan fingerprint density at radius 2 is 2.07 bits per heavy atom. The molecule has 0 amide bonds. The lowest BCUT2D eigenvalue weighted by molar-refractivity contribution is 0.125. The van der Waals surface area contributed by atoms with E-state index < -0.39 is 10.2 Å². The second-order valence-corrected chi connectivity index (χ2v) is 5.77. The van der Waals surface area contributed by atoms with Gasteiger partial charge in [0, 0.05) is 33.3 Å². The fourth-order valence-electron chi connectivity index (χ4n) is 1.43. The molecule has 14 heavy (non-hydrogen) atoms. The number of nitrogens with zero attached hydrogens (tertiary/aromatic N) is 2. The first-order valence-corrected chi connectivity index (χ1v) is 6.13. The lowest BCUT2D eigenvalue weighted by Gasteiger charge is -2.28. The Labute approximate surface area is 85.8 Å². The van der Waals surface area contributed by atoms with E-state index in [2.05, 4.69) is 0 Å². The lowest BCUT2D eigenvalue weighted by atomic mass is 10.3. The van der Waals surface area contributed by atoms with Crippen molar-refractivity contribution in [3.8, 4) is 0 Å². The Morgan fingerprint density at radius 1 is 1.43 bits per heavy atom. The SMILES string of the molecule is CC1COCCCN1S(=O)(=O)N(C)C. The molecule has 1 aliphatic rings. The van der Waals surface area contributed by atoms with E-state index in [4.69, 9.17) is 4.74 Å². The number of ether oxygens (including phenoxy) is 1. The van der Waals surface area contributed by atoms with Crippen LogP contribution in [0.15, 0.2) is 0 Å². The zero-order chi connectivity index (χ0) is 10.8. The van der Waals surface area contributed by atoms with Crippen molar-refractivity contribution >= 4 is 10.2 Å². The van der Waals surface area contributed by atoms with E-state index in [0.717, 1.165) is 6.42 Å². The van der Waals surface area contributed by atoms with Gasteiger partial charge in [-0.15, -0.1) is 0 Å². The molecule has 1 rings (SSSR count). The maximum Gasteiger partial charge on any atom is 0.281 e. The van der Waals surface area contributed by atoms with Crippen molar-refractivity contribution in [2.75, 3.05) is 33.9 Å². The van der Waals surface area contributed by atoms with Gasteiger partial charge in [-0.25, -0.2) is 0 Å². The summed E-state index contributed by atoms with van der Waals surface area (Å²) < 4.78 is 31.7. The summed E-state index contributed by atoms with van der Waals surface area (Å²) in [6, 6.07) is -0.0788. The molecule has 0 spiro atoms. The largest absolute Gasteiger partial charge is 0.380 e. The topological polar surface area (TPSA) is 49.9 Å². The molecule has 1 aliphatic heterocycles. The van der Waals surface area contributed by atoms with Crippen molar-refractivity contribution in [2.24, 2.45) is 0 Å². The average Bonchev–Trinajstić information content (AvgIpc) is 2.29. The molecule has 84 valence electrons. The van der Waals surface area contributed by atoms with Gasteiger partial charge in [-0.05, 0) is 13.3 Å². The molecule has 5 nitrogen and oxygen atoms in total. The molecule has 1 heterocycles. The van der Waals surface area contributed by atoms with E-state index in [1.807, 2.05) is 6.92 Å². The molecule has 1 fully saturated rings. The standard InChI is InChI=1S/C8H18N2O3S/c1-8-7-13-6-4-5-10(8)14(11,12)9(2)3/h8H,4-7H2,1-3H3. The third kappa shape index (κ3) is 2.44. The molecule has 0 bridgehead atoms. The number of rotatable bonds is 2. The average molecular weight is 222 g/mol. The van der Waals surface area contributed by atoms with E-state index in [1.165, 1.54) is 8.61 Å². The van der Waals surface area contributed by atoms with Gasteiger partial charge >= 0.3 is 0 Å². The van der Waals surface area contributed by atoms with E-state index in [1.54, 1.807) is 14.1 Å². The molecule has 0 aromatic carbocycles. The maximum absolute atomic E-state index is 11.8. The minimum absolute atomic E-state index is 0.0788. The van der Waals surface area contributed by atoms with Crippen LogP contribution < -0.4 is 0 Å². The number of hydrogen-bond donors (Lipinski definition) is 0. The monoisotopic (exact) mass is 222 g/mol. The van der Waals surface area contributed by atoms with Crippen molar-refractivity contribution in [2.45, 2.75) is 19.4 Å². The van der Waals surface area contributed by atoms with Crippen LogP contribution in [0.1, 0.15) is 13.3 Å². The fraction of sp³-hybridized carbons (Fsp3) is 1.00. The zero-order valence-corrected chi connectivity index (χ0v) is 9.75. The molecule has 0 aliphatic carbocycles. The van der Waals surface area contributed by atoms with Crippen molar-refractivity contribution in [1.29, 1.82) is 0 Å². The Bertz CT molecular complexity index is 276. The van der Waals surface area contributed by atoms with Gasteiger partial charge in [0.1, 0.15) is 0 Å². The predicted octanol–water partition coefficient (Wildman–Crippen LogP) is -0.0964. The quantitative estimate of drug-likeness (QED) is 0.656. The van der Waals surface area contributed by atoms with Gasteiger partial charge in [0.25, 0.3) is 10.2 Å². The van der Waals surface area contributed by atoms with Crippen LogP contribution in [0.5, 0.6) is 0 Å². The van der Waals surface area contributed by atoms with Gasteiger partial charge in [-0.1, -0.05) is 0 Å². The molecule has 6 heteroatoms. The van der Waals surface area contributed by atoms with Crippen LogP contribution in [0.4, 0.5) is 0 Å². The summed E-state index contributed by atoms with van der Waals surface area (Å²) in [5.74, 6) is 0. The third-order valence-corrected chi connectivity index (χ3v) is 4.33. The third-order valence-electron chi connectivity index (χ3n) is 2.28. The highest BCUT2D eigenvalue weighted by Gasteiger charge is 2.30. The summed E-state index contributed by atoms with van der Waals surface area (Å²) in [7, 11) is -0.187. The Kier molecular flexibility index (Phi) is 3.88. The van der Waals surface area contributed by atoms with Crippen LogP contribution in [0.25, 0.3) is 0 Å². The van der Waals surface area contributed by atoms with Gasteiger partial charge in [0.2, 0.25) is 0 Å². The fourth-order valence-corrected chi connectivity index (χ4v) is 2.73. The van der Waals surface area contributed by atoms with Gasteiger partial charge < -0.3 is 4.74 Å². The smallest absolute Gasteiger partial charge is 0.281 e. The predicted molar refractivity (Wildman–Crippen MR) is 54.2 cm³/mol. The minimum Gasteiger partial charge on any atom is -0.380 e. The Morgan fingerprint density at radius 3 is 2.64 bits per heavy atom. The zero-order valence-electron chi connectivity index (χ0n) is 8.93. The second kappa shape index (κ2) is 4.57. The summed E-state index contributed by atoms with van der Waals surface area (Å²) in [4.78, 5) is 0. The molecule has 1 atom stereocenters. The maximum atomic E-state index is 11.8. The van der Waals surface area contributed by atoms with Crippen LogP contribution in [0, 0.1) is 0 Å². The molecule has 0 saturated carbocycles. The summed E-state index contributed by atoms with van der Waals surface area (Å²) >= 11 is 0. The van der Waals surface area contributed by atoms with Crippen LogP contribution in [0.3, 0.4) is 0 Å². The first kappa shape index (κ1) is 11.9.